The number of hydrogen-bond donors (Lipinski definition) is 2. The van der Waals surface area contributed by atoms with Crippen LogP contribution in [0.3, 0.4) is 0 Å². The fraction of sp³-hybridized carbons (Fsp3) is 0.188. The predicted octanol–water partition coefficient (Wildman–Crippen LogP) is 1.81. The highest BCUT2D eigenvalue weighted by Crippen LogP contribution is 2.16. The van der Waals surface area contributed by atoms with Gasteiger partial charge in [-0.15, -0.1) is 10.2 Å². The Morgan fingerprint density at radius 3 is 2.64 bits per heavy atom. The van der Waals surface area contributed by atoms with Crippen LogP contribution < -0.4 is 11.1 Å². The monoisotopic (exact) mass is 342 g/mol. The average molecular weight is 342 g/mol. The van der Waals surface area contributed by atoms with Crippen LogP contribution in [0.5, 0.6) is 0 Å². The number of nitrogens with zero attached hydrogens (tertiary/aromatic N) is 4. The highest BCUT2D eigenvalue weighted by Gasteiger charge is 2.08. The SMILES string of the molecule is NC(=O)c1ccc(NCCCc2nc(-c3ccc(F)cc3)no2)nn1. The van der Waals surface area contributed by atoms with Crippen LogP contribution in [0.25, 0.3) is 11.4 Å². The lowest BCUT2D eigenvalue weighted by Gasteiger charge is -2.03. The van der Waals surface area contributed by atoms with Gasteiger partial charge in [-0.25, -0.2) is 4.39 Å². The van der Waals surface area contributed by atoms with E-state index in [-0.39, 0.29) is 11.5 Å². The van der Waals surface area contributed by atoms with Crippen molar-refractivity contribution in [2.75, 3.05) is 11.9 Å². The number of nitrogens with one attached hydrogen (secondary N) is 1. The van der Waals surface area contributed by atoms with Crippen LogP contribution in [-0.2, 0) is 6.42 Å². The van der Waals surface area contributed by atoms with Gasteiger partial charge in [0, 0.05) is 18.5 Å². The molecular formula is C16H15FN6O2. The van der Waals surface area contributed by atoms with Gasteiger partial charge in [-0.2, -0.15) is 4.98 Å². The van der Waals surface area contributed by atoms with E-state index < -0.39 is 5.91 Å². The average Bonchev–Trinajstić information content (AvgIpc) is 3.09. The van der Waals surface area contributed by atoms with Crippen LogP contribution in [-0.4, -0.2) is 32.8 Å². The molecule has 0 spiro atoms. The van der Waals surface area contributed by atoms with Crippen LogP contribution in [0, 0.1) is 5.82 Å². The number of aromatic nitrogens is 4. The van der Waals surface area contributed by atoms with E-state index >= 15 is 0 Å². The Bertz CT molecular complexity index is 848. The van der Waals surface area contributed by atoms with Crippen molar-refractivity contribution in [3.63, 3.8) is 0 Å². The highest BCUT2D eigenvalue weighted by atomic mass is 19.1. The number of rotatable bonds is 7. The van der Waals surface area contributed by atoms with Gasteiger partial charge in [0.2, 0.25) is 11.7 Å². The zero-order chi connectivity index (χ0) is 17.6. The topological polar surface area (TPSA) is 120 Å². The van der Waals surface area contributed by atoms with E-state index in [1.807, 2.05) is 0 Å². The van der Waals surface area contributed by atoms with Gasteiger partial charge in [-0.05, 0) is 42.8 Å². The second-order valence-electron chi connectivity index (χ2n) is 5.22. The molecule has 0 atom stereocenters. The van der Waals surface area contributed by atoms with Crippen molar-refractivity contribution in [2.45, 2.75) is 12.8 Å². The van der Waals surface area contributed by atoms with Gasteiger partial charge in [-0.3, -0.25) is 4.79 Å². The summed E-state index contributed by atoms with van der Waals surface area (Å²) in [6.45, 7) is 0.610. The molecule has 8 nitrogen and oxygen atoms in total. The van der Waals surface area contributed by atoms with Crippen LogP contribution in [0.2, 0.25) is 0 Å². The summed E-state index contributed by atoms with van der Waals surface area (Å²) in [7, 11) is 0. The minimum Gasteiger partial charge on any atom is -0.369 e. The fourth-order valence-electron chi connectivity index (χ4n) is 2.09. The summed E-state index contributed by atoms with van der Waals surface area (Å²) < 4.78 is 18.1. The van der Waals surface area contributed by atoms with Crippen molar-refractivity contribution in [3.05, 3.63) is 53.8 Å². The Balaban J connectivity index is 1.48. The van der Waals surface area contributed by atoms with Crippen molar-refractivity contribution in [1.82, 2.24) is 20.3 Å². The van der Waals surface area contributed by atoms with Gasteiger partial charge in [-0.1, -0.05) is 5.16 Å². The van der Waals surface area contributed by atoms with Crippen molar-refractivity contribution in [1.29, 1.82) is 0 Å². The first-order valence-corrected chi connectivity index (χ1v) is 7.58. The van der Waals surface area contributed by atoms with Gasteiger partial charge in [0.05, 0.1) is 0 Å². The third-order valence-electron chi connectivity index (χ3n) is 3.36. The molecule has 0 aliphatic carbocycles. The summed E-state index contributed by atoms with van der Waals surface area (Å²) >= 11 is 0. The second kappa shape index (κ2) is 7.47. The van der Waals surface area contributed by atoms with Gasteiger partial charge < -0.3 is 15.6 Å². The van der Waals surface area contributed by atoms with Crippen LogP contribution in [0.1, 0.15) is 22.8 Å². The number of carbonyl (C=O) groups excluding carboxylic acids is 1. The molecule has 3 N–H and O–H groups in total. The maximum atomic E-state index is 12.9. The maximum absolute atomic E-state index is 12.9. The largest absolute Gasteiger partial charge is 0.369 e. The number of benzene rings is 1. The molecule has 1 aromatic carbocycles. The molecule has 0 aliphatic heterocycles. The molecule has 0 saturated heterocycles. The summed E-state index contributed by atoms with van der Waals surface area (Å²) in [6.07, 6.45) is 1.30. The zero-order valence-corrected chi connectivity index (χ0v) is 13.1. The molecule has 25 heavy (non-hydrogen) atoms. The maximum Gasteiger partial charge on any atom is 0.269 e. The summed E-state index contributed by atoms with van der Waals surface area (Å²) in [5.74, 6) is 0.535. The molecule has 0 aliphatic rings. The Morgan fingerprint density at radius 1 is 1.16 bits per heavy atom. The first-order chi connectivity index (χ1) is 12.1. The Hall–Kier alpha value is -3.36. The van der Waals surface area contributed by atoms with E-state index in [4.69, 9.17) is 10.3 Å². The third-order valence-corrected chi connectivity index (χ3v) is 3.36. The number of hydrogen-bond acceptors (Lipinski definition) is 7. The second-order valence-corrected chi connectivity index (χ2v) is 5.22. The molecule has 3 aromatic rings. The molecule has 0 unspecified atom stereocenters. The Kier molecular flexibility index (Phi) is 4.93. The summed E-state index contributed by atoms with van der Waals surface area (Å²) in [6, 6.07) is 9.02. The molecule has 0 radical (unpaired) electrons. The number of nitrogens with two attached hydrogens (primary N) is 1. The molecule has 0 saturated carbocycles. The van der Waals surface area contributed by atoms with Gasteiger partial charge in [0.15, 0.2) is 5.69 Å². The Morgan fingerprint density at radius 2 is 1.96 bits per heavy atom. The van der Waals surface area contributed by atoms with Crippen LogP contribution in [0.4, 0.5) is 10.2 Å². The van der Waals surface area contributed by atoms with Crippen molar-refractivity contribution >= 4 is 11.7 Å². The van der Waals surface area contributed by atoms with E-state index in [2.05, 4.69) is 25.7 Å². The van der Waals surface area contributed by atoms with Crippen molar-refractivity contribution < 1.29 is 13.7 Å². The standard InChI is InChI=1S/C16H15FN6O2/c17-11-5-3-10(4-6-11)16-20-14(25-23-16)2-1-9-19-13-8-7-12(15(18)24)21-22-13/h3-8H,1-2,9H2,(H2,18,24)(H,19,22). The van der Waals surface area contributed by atoms with Crippen LogP contribution >= 0.6 is 0 Å². The lowest BCUT2D eigenvalue weighted by atomic mass is 10.2. The molecule has 1 amide bonds. The molecule has 3 rings (SSSR count). The molecule has 0 fully saturated rings. The number of primary amides is 1. The number of amides is 1. The van der Waals surface area contributed by atoms with E-state index in [9.17, 15) is 9.18 Å². The zero-order valence-electron chi connectivity index (χ0n) is 13.1. The first kappa shape index (κ1) is 16.5. The van der Waals surface area contributed by atoms with Gasteiger partial charge in [0.1, 0.15) is 11.6 Å². The third kappa shape index (κ3) is 4.34. The molecule has 9 heteroatoms. The summed E-state index contributed by atoms with van der Waals surface area (Å²) in [5, 5.41) is 14.5. The van der Waals surface area contributed by atoms with Gasteiger partial charge in [0.25, 0.3) is 5.91 Å². The minimum absolute atomic E-state index is 0.115. The van der Waals surface area contributed by atoms with Crippen LogP contribution in [0.15, 0.2) is 40.9 Å². The van der Waals surface area contributed by atoms with E-state index in [0.717, 1.165) is 6.42 Å². The van der Waals surface area contributed by atoms with E-state index in [1.165, 1.54) is 18.2 Å². The number of anilines is 1. The minimum atomic E-state index is -0.618. The predicted molar refractivity (Wildman–Crippen MR) is 87.1 cm³/mol. The lowest BCUT2D eigenvalue weighted by Crippen LogP contribution is -2.14. The van der Waals surface area contributed by atoms with E-state index in [0.29, 0.717) is 36.1 Å². The smallest absolute Gasteiger partial charge is 0.269 e. The first-order valence-electron chi connectivity index (χ1n) is 7.58. The Labute approximate surface area is 142 Å². The lowest BCUT2D eigenvalue weighted by molar-refractivity contribution is 0.0994. The highest BCUT2D eigenvalue weighted by molar-refractivity contribution is 5.90. The van der Waals surface area contributed by atoms with Crippen molar-refractivity contribution in [3.8, 4) is 11.4 Å². The molecular weight excluding hydrogens is 327 g/mol. The molecule has 2 aromatic heterocycles. The quantitative estimate of drug-likeness (QED) is 0.628. The normalized spacial score (nSPS) is 10.6. The van der Waals surface area contributed by atoms with E-state index in [1.54, 1.807) is 18.2 Å². The fourth-order valence-corrected chi connectivity index (χ4v) is 2.09. The number of halogens is 1. The summed E-state index contributed by atoms with van der Waals surface area (Å²) in [5.41, 5.74) is 5.91. The molecule has 128 valence electrons. The molecule has 2 heterocycles. The summed E-state index contributed by atoms with van der Waals surface area (Å²) in [4.78, 5) is 15.2. The number of carbonyl (C=O) groups is 1. The van der Waals surface area contributed by atoms with Gasteiger partial charge >= 0.3 is 0 Å². The van der Waals surface area contributed by atoms with Crippen molar-refractivity contribution in [2.24, 2.45) is 5.73 Å². The number of aryl methyl sites for hydroxylation is 1. The molecule has 0 bridgehead atoms.